The van der Waals surface area contributed by atoms with Crippen LogP contribution in [0.25, 0.3) is 11.1 Å². The molecule has 5 heteroatoms. The number of hydrogen-bond acceptors (Lipinski definition) is 1. The van der Waals surface area contributed by atoms with Gasteiger partial charge in [0, 0.05) is 11.1 Å². The molecule has 0 aromatic heterocycles. The van der Waals surface area contributed by atoms with Crippen LogP contribution in [0.4, 0.5) is 17.6 Å². The van der Waals surface area contributed by atoms with Crippen LogP contribution in [0.15, 0.2) is 36.4 Å². The third kappa shape index (κ3) is 7.36. The molecule has 0 bridgehead atoms. The minimum absolute atomic E-state index is 0.0561. The van der Waals surface area contributed by atoms with Crippen molar-refractivity contribution in [2.24, 2.45) is 5.92 Å². The van der Waals surface area contributed by atoms with E-state index in [0.717, 1.165) is 51.4 Å². The summed E-state index contributed by atoms with van der Waals surface area (Å²) < 4.78 is 65.1. The van der Waals surface area contributed by atoms with Crippen LogP contribution in [0.2, 0.25) is 0 Å². The standard InChI is InChI=1S/C31H40F4O/c1-3-5-7-8-9-10-11-21-36-27-20-19-26(30(34)31(27)35)25-18-17-24(28(32)29(25)33)23-15-13-22(14-16-23)12-6-4-2/h4,6,17-20,22-23H,3,5,7-16,21H2,1-2H3/b6-4-. The van der Waals surface area contributed by atoms with Crippen LogP contribution >= 0.6 is 0 Å². The molecule has 0 saturated heterocycles. The molecule has 1 nitrogen and oxygen atoms in total. The molecule has 1 aliphatic carbocycles. The number of halogens is 4. The Morgan fingerprint density at radius 1 is 0.750 bits per heavy atom. The molecule has 2 aromatic carbocycles. The van der Waals surface area contributed by atoms with E-state index in [2.05, 4.69) is 13.0 Å². The smallest absolute Gasteiger partial charge is 0.201 e. The van der Waals surface area contributed by atoms with E-state index in [-0.39, 0.29) is 29.4 Å². The van der Waals surface area contributed by atoms with Gasteiger partial charge in [-0.25, -0.2) is 13.2 Å². The van der Waals surface area contributed by atoms with Gasteiger partial charge in [0.2, 0.25) is 5.82 Å². The van der Waals surface area contributed by atoms with E-state index >= 15 is 8.78 Å². The zero-order valence-electron chi connectivity index (χ0n) is 21.7. The lowest BCUT2D eigenvalue weighted by Gasteiger charge is -2.28. The number of unbranched alkanes of at least 4 members (excludes halogenated alkanes) is 6. The second-order valence-corrected chi connectivity index (χ2v) is 10.1. The van der Waals surface area contributed by atoms with Crippen molar-refractivity contribution in [3.8, 4) is 16.9 Å². The van der Waals surface area contributed by atoms with Crippen LogP contribution in [0.1, 0.15) is 102 Å². The van der Waals surface area contributed by atoms with Crippen molar-refractivity contribution in [2.45, 2.75) is 96.8 Å². The largest absolute Gasteiger partial charge is 0.490 e. The highest BCUT2D eigenvalue weighted by molar-refractivity contribution is 5.66. The molecule has 0 heterocycles. The number of hydrogen-bond donors (Lipinski definition) is 0. The van der Waals surface area contributed by atoms with Gasteiger partial charge in [-0.15, -0.1) is 0 Å². The fourth-order valence-electron chi connectivity index (χ4n) is 5.22. The quantitative estimate of drug-likeness (QED) is 0.150. The van der Waals surface area contributed by atoms with E-state index in [1.54, 1.807) is 0 Å². The summed E-state index contributed by atoms with van der Waals surface area (Å²) in [7, 11) is 0. The highest BCUT2D eigenvalue weighted by Crippen LogP contribution is 2.40. The average molecular weight is 505 g/mol. The molecule has 198 valence electrons. The summed E-state index contributed by atoms with van der Waals surface area (Å²) in [6, 6.07) is 5.47. The first kappa shape index (κ1) is 28.3. The molecule has 2 aromatic rings. The Morgan fingerprint density at radius 2 is 1.36 bits per heavy atom. The summed E-state index contributed by atoms with van der Waals surface area (Å²) in [6.07, 6.45) is 16.4. The van der Waals surface area contributed by atoms with Crippen LogP contribution in [-0.4, -0.2) is 6.61 Å². The van der Waals surface area contributed by atoms with Crippen molar-refractivity contribution in [3.63, 3.8) is 0 Å². The summed E-state index contributed by atoms with van der Waals surface area (Å²) in [5, 5.41) is 0. The van der Waals surface area contributed by atoms with Gasteiger partial charge in [0.25, 0.3) is 0 Å². The number of rotatable bonds is 13. The monoisotopic (exact) mass is 504 g/mol. The van der Waals surface area contributed by atoms with Crippen LogP contribution in [0.5, 0.6) is 5.75 Å². The second kappa shape index (κ2) is 14.4. The molecule has 0 spiro atoms. The van der Waals surface area contributed by atoms with Crippen molar-refractivity contribution < 1.29 is 22.3 Å². The van der Waals surface area contributed by atoms with Gasteiger partial charge in [-0.1, -0.05) is 69.7 Å². The van der Waals surface area contributed by atoms with Crippen LogP contribution in [0.3, 0.4) is 0 Å². The van der Waals surface area contributed by atoms with Gasteiger partial charge in [-0.05, 0) is 75.0 Å². The summed E-state index contributed by atoms with van der Waals surface area (Å²) in [4.78, 5) is 0. The first-order chi connectivity index (χ1) is 17.5. The van der Waals surface area contributed by atoms with Gasteiger partial charge in [0.1, 0.15) is 0 Å². The molecule has 1 fully saturated rings. The van der Waals surface area contributed by atoms with Crippen LogP contribution < -0.4 is 4.74 Å². The third-order valence-electron chi connectivity index (χ3n) is 7.45. The van der Waals surface area contributed by atoms with E-state index in [1.165, 1.54) is 49.9 Å². The Morgan fingerprint density at radius 3 is 2.03 bits per heavy atom. The van der Waals surface area contributed by atoms with Crippen LogP contribution in [-0.2, 0) is 0 Å². The van der Waals surface area contributed by atoms with Crippen molar-refractivity contribution >= 4 is 0 Å². The Hall–Kier alpha value is -2.30. The minimum atomic E-state index is -1.22. The zero-order chi connectivity index (χ0) is 25.9. The maximum absolute atomic E-state index is 15.1. The van der Waals surface area contributed by atoms with E-state index in [1.807, 2.05) is 13.0 Å². The van der Waals surface area contributed by atoms with Gasteiger partial charge < -0.3 is 4.74 Å². The molecule has 0 radical (unpaired) electrons. The maximum atomic E-state index is 15.1. The highest BCUT2D eigenvalue weighted by Gasteiger charge is 2.27. The van der Waals surface area contributed by atoms with Crippen molar-refractivity contribution in [2.75, 3.05) is 6.61 Å². The predicted molar refractivity (Wildman–Crippen MR) is 139 cm³/mol. The number of benzene rings is 2. The van der Waals surface area contributed by atoms with Gasteiger partial charge in [-0.2, -0.15) is 4.39 Å². The van der Waals surface area contributed by atoms with Gasteiger partial charge in [-0.3, -0.25) is 0 Å². The van der Waals surface area contributed by atoms with Crippen molar-refractivity contribution in [1.82, 2.24) is 0 Å². The summed E-state index contributed by atoms with van der Waals surface area (Å²) >= 11 is 0. The normalized spacial score (nSPS) is 18.2. The lowest BCUT2D eigenvalue weighted by Crippen LogP contribution is -2.14. The van der Waals surface area contributed by atoms with Crippen molar-refractivity contribution in [3.05, 3.63) is 65.2 Å². The Balaban J connectivity index is 1.63. The van der Waals surface area contributed by atoms with E-state index in [4.69, 9.17) is 4.74 Å². The van der Waals surface area contributed by atoms with Gasteiger partial charge >= 0.3 is 0 Å². The molecular formula is C31H40F4O. The molecule has 0 aliphatic heterocycles. The summed E-state index contributed by atoms with van der Waals surface area (Å²) in [5.74, 6) is -4.15. The predicted octanol–water partition coefficient (Wildman–Crippen LogP) is 10.3. The number of allylic oxidation sites excluding steroid dienone is 2. The third-order valence-corrected chi connectivity index (χ3v) is 7.45. The SMILES string of the molecule is C/C=C\CC1CCC(c2ccc(-c3ccc(OCCCCCCCCC)c(F)c3F)c(F)c2F)CC1. The second-order valence-electron chi connectivity index (χ2n) is 10.1. The van der Waals surface area contributed by atoms with Gasteiger partial charge in [0.15, 0.2) is 23.2 Å². The molecule has 0 N–H and O–H groups in total. The molecule has 1 saturated carbocycles. The van der Waals surface area contributed by atoms with Crippen LogP contribution in [0, 0.1) is 29.2 Å². The number of ether oxygens (including phenoxy) is 1. The summed E-state index contributed by atoms with van der Waals surface area (Å²) in [5.41, 5.74) is -0.238. The molecule has 3 rings (SSSR count). The van der Waals surface area contributed by atoms with Crippen molar-refractivity contribution in [1.29, 1.82) is 0 Å². The van der Waals surface area contributed by atoms with Gasteiger partial charge in [0.05, 0.1) is 6.61 Å². The first-order valence-corrected chi connectivity index (χ1v) is 13.7. The fraction of sp³-hybridized carbons (Fsp3) is 0.548. The maximum Gasteiger partial charge on any atom is 0.201 e. The fourth-order valence-corrected chi connectivity index (χ4v) is 5.22. The van der Waals surface area contributed by atoms with E-state index < -0.39 is 23.3 Å². The molecular weight excluding hydrogens is 464 g/mol. The average Bonchev–Trinajstić information content (AvgIpc) is 2.89. The van der Waals surface area contributed by atoms with E-state index in [0.29, 0.717) is 11.5 Å². The lowest BCUT2D eigenvalue weighted by atomic mass is 9.77. The molecule has 1 aliphatic rings. The molecule has 0 amide bonds. The highest BCUT2D eigenvalue weighted by atomic mass is 19.2. The molecule has 0 atom stereocenters. The Labute approximate surface area is 214 Å². The Kier molecular flexibility index (Phi) is 11.3. The van der Waals surface area contributed by atoms with E-state index in [9.17, 15) is 8.78 Å². The molecule has 36 heavy (non-hydrogen) atoms. The zero-order valence-corrected chi connectivity index (χ0v) is 21.7. The lowest BCUT2D eigenvalue weighted by molar-refractivity contribution is 0.285. The summed E-state index contributed by atoms with van der Waals surface area (Å²) in [6.45, 7) is 4.46. The topological polar surface area (TPSA) is 9.23 Å². The molecule has 0 unspecified atom stereocenters. The Bertz CT molecular complexity index is 993. The minimum Gasteiger partial charge on any atom is -0.490 e. The first-order valence-electron chi connectivity index (χ1n) is 13.7.